The second kappa shape index (κ2) is 10.9. The van der Waals surface area contributed by atoms with Crippen LogP contribution in [0, 0.1) is 5.92 Å². The fourth-order valence-electron chi connectivity index (χ4n) is 5.28. The van der Waals surface area contributed by atoms with Crippen molar-refractivity contribution in [1.82, 2.24) is 4.57 Å². The van der Waals surface area contributed by atoms with E-state index in [0.29, 0.717) is 32.8 Å². The Morgan fingerprint density at radius 1 is 0.854 bits per heavy atom. The summed E-state index contributed by atoms with van der Waals surface area (Å²) >= 11 is 2.19. The number of imide groups is 1. The SMILES string of the molecule is COc1ccc([C@@H]2c3sc(=O)n(CC(=O)Nc4ccccc4)c3S[C@H]3C(=O)N(c4ccc(OC)cc4)C(=O)[C@@H]23)cc1. The van der Waals surface area contributed by atoms with Crippen molar-refractivity contribution in [2.75, 3.05) is 24.4 Å². The highest BCUT2D eigenvalue weighted by atomic mass is 32.2. The number of benzene rings is 3. The standard InChI is InChI=1S/C30H25N3O6S2/c1-38-20-12-8-17(9-13-20)23-24-25(28(36)33(27(24)35)19-10-14-21(39-2)15-11-19)40-29-26(23)41-30(37)32(29)16-22(34)31-18-6-4-3-5-7-18/h3-15,23-25H,16H2,1-2H3,(H,31,34)/t23-,24-,25+/m0/s1. The zero-order valence-electron chi connectivity index (χ0n) is 22.1. The molecule has 1 saturated heterocycles. The number of methoxy groups -OCH3 is 2. The summed E-state index contributed by atoms with van der Waals surface area (Å²) < 4.78 is 12.0. The number of rotatable bonds is 7. The number of nitrogens with one attached hydrogen (secondary N) is 1. The molecule has 41 heavy (non-hydrogen) atoms. The fourth-order valence-corrected chi connectivity index (χ4v) is 8.05. The van der Waals surface area contributed by atoms with Gasteiger partial charge in [-0.15, -0.1) is 0 Å². The third-order valence-electron chi connectivity index (χ3n) is 7.21. The summed E-state index contributed by atoms with van der Waals surface area (Å²) in [6.45, 7) is -0.219. The number of fused-ring (bicyclic) bond motifs is 2. The van der Waals surface area contributed by atoms with Crippen LogP contribution in [-0.4, -0.2) is 41.8 Å². The van der Waals surface area contributed by atoms with Gasteiger partial charge in [-0.3, -0.25) is 23.7 Å². The Balaban J connectivity index is 1.41. The van der Waals surface area contributed by atoms with E-state index in [0.717, 1.165) is 16.9 Å². The molecule has 0 saturated carbocycles. The molecule has 1 fully saturated rings. The molecule has 3 atom stereocenters. The minimum Gasteiger partial charge on any atom is -0.497 e. The minimum atomic E-state index is -0.776. The molecule has 6 rings (SSSR count). The number of carbonyl (C=O) groups is 3. The Hall–Kier alpha value is -4.35. The number of hydrogen-bond acceptors (Lipinski definition) is 8. The third-order valence-corrected chi connectivity index (χ3v) is 9.82. The van der Waals surface area contributed by atoms with Gasteiger partial charge in [0.1, 0.15) is 23.3 Å². The molecule has 0 aliphatic carbocycles. The van der Waals surface area contributed by atoms with Crippen molar-refractivity contribution in [1.29, 1.82) is 0 Å². The van der Waals surface area contributed by atoms with E-state index >= 15 is 0 Å². The van der Waals surface area contributed by atoms with Gasteiger partial charge in [-0.2, -0.15) is 0 Å². The van der Waals surface area contributed by atoms with E-state index in [4.69, 9.17) is 9.47 Å². The van der Waals surface area contributed by atoms with E-state index in [1.807, 2.05) is 18.2 Å². The molecule has 1 N–H and O–H groups in total. The summed E-state index contributed by atoms with van der Waals surface area (Å²) in [6, 6.07) is 23.0. The molecule has 4 aromatic rings. The van der Waals surface area contributed by atoms with Crippen LogP contribution in [-0.2, 0) is 20.9 Å². The van der Waals surface area contributed by atoms with Gasteiger partial charge in [0.25, 0.3) is 0 Å². The van der Waals surface area contributed by atoms with Gasteiger partial charge in [0.15, 0.2) is 0 Å². The van der Waals surface area contributed by atoms with Gasteiger partial charge in [0.05, 0.1) is 30.9 Å². The van der Waals surface area contributed by atoms with Crippen molar-refractivity contribution in [3.05, 3.63) is 99.0 Å². The molecule has 0 bridgehead atoms. The molecule has 2 aliphatic rings. The monoisotopic (exact) mass is 587 g/mol. The van der Waals surface area contributed by atoms with Gasteiger partial charge < -0.3 is 14.8 Å². The highest BCUT2D eigenvalue weighted by Gasteiger charge is 2.56. The van der Waals surface area contributed by atoms with Gasteiger partial charge >= 0.3 is 4.87 Å². The molecule has 0 radical (unpaired) electrons. The van der Waals surface area contributed by atoms with Crippen molar-refractivity contribution in [2.24, 2.45) is 5.92 Å². The first-order valence-corrected chi connectivity index (χ1v) is 14.5. The van der Waals surface area contributed by atoms with Gasteiger partial charge in [-0.05, 0) is 54.1 Å². The topological polar surface area (TPSA) is 107 Å². The normalized spacial score (nSPS) is 19.5. The maximum absolute atomic E-state index is 14.0. The number of amides is 3. The Morgan fingerprint density at radius 3 is 2.12 bits per heavy atom. The smallest absolute Gasteiger partial charge is 0.308 e. The molecule has 2 aliphatic heterocycles. The largest absolute Gasteiger partial charge is 0.497 e. The number of carbonyl (C=O) groups excluding carboxylic acids is 3. The van der Waals surface area contributed by atoms with Crippen molar-refractivity contribution in [2.45, 2.75) is 22.7 Å². The summed E-state index contributed by atoms with van der Waals surface area (Å²) in [5, 5.41) is 2.57. The second-order valence-electron chi connectivity index (χ2n) is 9.56. The van der Waals surface area contributed by atoms with Crippen LogP contribution in [0.2, 0.25) is 0 Å². The lowest BCUT2D eigenvalue weighted by Gasteiger charge is -2.30. The van der Waals surface area contributed by atoms with Crippen molar-refractivity contribution in [3.8, 4) is 11.5 Å². The molecule has 3 aromatic carbocycles. The van der Waals surface area contributed by atoms with E-state index in [1.165, 1.54) is 21.2 Å². The number of anilines is 2. The lowest BCUT2D eigenvalue weighted by Crippen LogP contribution is -2.33. The number of aromatic nitrogens is 1. The zero-order valence-corrected chi connectivity index (χ0v) is 23.7. The highest BCUT2D eigenvalue weighted by Crippen LogP contribution is 2.54. The lowest BCUT2D eigenvalue weighted by molar-refractivity contribution is -0.122. The quantitative estimate of drug-likeness (QED) is 0.320. The van der Waals surface area contributed by atoms with E-state index < -0.39 is 17.1 Å². The molecule has 0 spiro atoms. The molecule has 9 nitrogen and oxygen atoms in total. The van der Waals surface area contributed by atoms with E-state index in [2.05, 4.69) is 5.32 Å². The summed E-state index contributed by atoms with van der Waals surface area (Å²) in [5.74, 6) is -1.10. The summed E-state index contributed by atoms with van der Waals surface area (Å²) in [6.07, 6.45) is 0. The minimum absolute atomic E-state index is 0.219. The molecule has 11 heteroatoms. The van der Waals surface area contributed by atoms with Crippen LogP contribution >= 0.6 is 23.1 Å². The molecule has 208 valence electrons. The number of thioether (sulfide) groups is 1. The van der Waals surface area contributed by atoms with Gasteiger partial charge in [-0.25, -0.2) is 4.90 Å². The van der Waals surface area contributed by atoms with Gasteiger partial charge in [0.2, 0.25) is 17.7 Å². The van der Waals surface area contributed by atoms with Gasteiger partial charge in [-0.1, -0.05) is 53.4 Å². The van der Waals surface area contributed by atoms with Crippen LogP contribution < -0.4 is 24.6 Å². The predicted molar refractivity (Wildman–Crippen MR) is 157 cm³/mol. The maximum atomic E-state index is 14.0. The van der Waals surface area contributed by atoms with E-state index in [9.17, 15) is 19.2 Å². The molecule has 3 heterocycles. The summed E-state index contributed by atoms with van der Waals surface area (Å²) in [5.41, 5.74) is 1.85. The first kappa shape index (κ1) is 26.9. The number of thiazole rings is 1. The Kier molecular flexibility index (Phi) is 7.14. The van der Waals surface area contributed by atoms with Crippen LogP contribution in [0.15, 0.2) is 88.7 Å². The molecule has 0 unspecified atom stereocenters. The van der Waals surface area contributed by atoms with Crippen LogP contribution in [0.25, 0.3) is 0 Å². The first-order chi connectivity index (χ1) is 19.9. The van der Waals surface area contributed by atoms with Crippen LogP contribution in [0.4, 0.5) is 11.4 Å². The summed E-state index contributed by atoms with van der Waals surface area (Å²) in [4.78, 5) is 55.6. The molecule has 3 amide bonds. The van der Waals surface area contributed by atoms with Crippen LogP contribution in [0.5, 0.6) is 11.5 Å². The van der Waals surface area contributed by atoms with Crippen LogP contribution in [0.3, 0.4) is 0 Å². The van der Waals surface area contributed by atoms with Crippen LogP contribution in [0.1, 0.15) is 16.4 Å². The summed E-state index contributed by atoms with van der Waals surface area (Å²) in [7, 11) is 3.11. The molecular weight excluding hydrogens is 562 g/mol. The highest BCUT2D eigenvalue weighted by molar-refractivity contribution is 8.00. The number of hydrogen-bond donors (Lipinski definition) is 1. The Labute approximate surface area is 243 Å². The zero-order chi connectivity index (χ0) is 28.7. The van der Waals surface area contributed by atoms with E-state index in [1.54, 1.807) is 74.9 Å². The maximum Gasteiger partial charge on any atom is 0.308 e. The van der Waals surface area contributed by atoms with Gasteiger partial charge in [0, 0.05) is 16.5 Å². The Bertz CT molecular complexity index is 1680. The lowest BCUT2D eigenvalue weighted by atomic mass is 9.83. The Morgan fingerprint density at radius 2 is 1.49 bits per heavy atom. The fraction of sp³-hybridized carbons (Fsp3) is 0.200. The molecular formula is C30H25N3O6S2. The average molecular weight is 588 g/mol. The number of ether oxygens (including phenoxy) is 2. The predicted octanol–water partition coefficient (Wildman–Crippen LogP) is 4.36. The van der Waals surface area contributed by atoms with Crippen molar-refractivity contribution < 1.29 is 23.9 Å². The first-order valence-electron chi connectivity index (χ1n) is 12.8. The average Bonchev–Trinajstić information content (AvgIpc) is 3.44. The van der Waals surface area contributed by atoms with Crippen molar-refractivity contribution in [3.63, 3.8) is 0 Å². The number of nitrogens with zero attached hydrogens (tertiary/aromatic N) is 2. The van der Waals surface area contributed by atoms with E-state index in [-0.39, 0.29) is 29.1 Å². The second-order valence-corrected chi connectivity index (χ2v) is 11.7. The third kappa shape index (κ3) is 4.81. The molecule has 1 aromatic heterocycles. The van der Waals surface area contributed by atoms with Crippen molar-refractivity contribution >= 4 is 52.2 Å². The number of para-hydroxylation sites is 1.